The molecule has 1 atom stereocenters. The average Bonchev–Trinajstić information content (AvgIpc) is 2.74. The molecule has 166 valence electrons. The maximum absolute atomic E-state index is 12.6. The molecule has 1 aliphatic rings. The van der Waals surface area contributed by atoms with E-state index in [0.29, 0.717) is 37.8 Å². The quantitative estimate of drug-likeness (QED) is 0.784. The van der Waals surface area contributed by atoms with E-state index < -0.39 is 11.7 Å². The van der Waals surface area contributed by atoms with Crippen LogP contribution in [0.5, 0.6) is 0 Å². The normalized spacial score (nSPS) is 15.4. The largest absolute Gasteiger partial charge is 0.444 e. The molecule has 2 amide bonds. The summed E-state index contributed by atoms with van der Waals surface area (Å²) in [5.41, 5.74) is 0.248. The number of hydrogen-bond acceptors (Lipinski definition) is 7. The van der Waals surface area contributed by atoms with E-state index in [4.69, 9.17) is 9.47 Å². The Bertz CT molecular complexity index is 875. The van der Waals surface area contributed by atoms with Crippen LogP contribution in [-0.4, -0.2) is 65.8 Å². The third-order valence-corrected chi connectivity index (χ3v) is 4.72. The number of carbonyl (C=O) groups is 2. The third-order valence-electron chi connectivity index (χ3n) is 4.72. The van der Waals surface area contributed by atoms with Crippen molar-refractivity contribution < 1.29 is 19.1 Å². The first kappa shape index (κ1) is 22.5. The Labute approximate surface area is 182 Å². The van der Waals surface area contributed by atoms with Gasteiger partial charge in [0.1, 0.15) is 11.4 Å². The van der Waals surface area contributed by atoms with Gasteiger partial charge in [-0.1, -0.05) is 30.3 Å². The first-order chi connectivity index (χ1) is 14.8. The van der Waals surface area contributed by atoms with Gasteiger partial charge < -0.3 is 24.6 Å². The molecule has 1 N–H and O–H groups in total. The number of nitrogens with one attached hydrogen (secondary N) is 1. The molecule has 1 fully saturated rings. The van der Waals surface area contributed by atoms with Gasteiger partial charge in [0.2, 0.25) is 0 Å². The van der Waals surface area contributed by atoms with Gasteiger partial charge >= 0.3 is 6.09 Å². The Morgan fingerprint density at radius 2 is 1.71 bits per heavy atom. The number of piperazine rings is 1. The molecule has 9 nitrogen and oxygen atoms in total. The van der Waals surface area contributed by atoms with Gasteiger partial charge in [-0.05, 0) is 26.3 Å². The van der Waals surface area contributed by atoms with Crippen LogP contribution >= 0.6 is 0 Å². The molecule has 1 aromatic heterocycles. The van der Waals surface area contributed by atoms with Crippen molar-refractivity contribution in [3.8, 4) is 0 Å². The Morgan fingerprint density at radius 3 is 2.26 bits per heavy atom. The van der Waals surface area contributed by atoms with Gasteiger partial charge in [-0.25, -0.2) is 14.8 Å². The lowest BCUT2D eigenvalue weighted by Crippen LogP contribution is -2.50. The second-order valence-electron chi connectivity index (χ2n) is 8.23. The first-order valence-corrected chi connectivity index (χ1v) is 10.2. The van der Waals surface area contributed by atoms with E-state index >= 15 is 0 Å². The molecule has 0 saturated carbocycles. The first-order valence-electron chi connectivity index (χ1n) is 10.2. The summed E-state index contributed by atoms with van der Waals surface area (Å²) in [4.78, 5) is 37.2. The van der Waals surface area contributed by atoms with Crippen LogP contribution in [0.15, 0.2) is 42.7 Å². The fourth-order valence-corrected chi connectivity index (χ4v) is 3.21. The maximum Gasteiger partial charge on any atom is 0.410 e. The number of nitrogens with zero attached hydrogens (tertiary/aromatic N) is 4. The summed E-state index contributed by atoms with van der Waals surface area (Å²) >= 11 is 0. The minimum atomic E-state index is -0.733. The summed E-state index contributed by atoms with van der Waals surface area (Å²) in [6.07, 6.45) is 2.10. The van der Waals surface area contributed by atoms with Gasteiger partial charge in [-0.2, -0.15) is 0 Å². The topological polar surface area (TPSA) is 96.9 Å². The Hall–Kier alpha value is -3.20. The number of methoxy groups -OCH3 is 1. The molecule has 1 aliphatic heterocycles. The molecule has 0 unspecified atom stereocenters. The molecule has 9 heteroatoms. The van der Waals surface area contributed by atoms with E-state index in [1.807, 2.05) is 56.0 Å². The van der Waals surface area contributed by atoms with E-state index in [-0.39, 0.29) is 12.0 Å². The van der Waals surface area contributed by atoms with Crippen molar-refractivity contribution in [3.05, 3.63) is 48.3 Å². The summed E-state index contributed by atoms with van der Waals surface area (Å²) in [7, 11) is 1.49. The van der Waals surface area contributed by atoms with E-state index in [2.05, 4.69) is 15.3 Å². The van der Waals surface area contributed by atoms with Crippen molar-refractivity contribution in [1.82, 2.24) is 14.9 Å². The van der Waals surface area contributed by atoms with Crippen LogP contribution in [0.2, 0.25) is 0 Å². The average molecular weight is 428 g/mol. The third kappa shape index (κ3) is 6.14. The van der Waals surface area contributed by atoms with E-state index in [1.165, 1.54) is 13.3 Å². The molecule has 0 bridgehead atoms. The minimum Gasteiger partial charge on any atom is -0.444 e. The molecule has 1 saturated heterocycles. The molecule has 0 aliphatic carbocycles. The predicted octanol–water partition coefficient (Wildman–Crippen LogP) is 2.86. The van der Waals surface area contributed by atoms with Gasteiger partial charge in [-0.3, -0.25) is 4.79 Å². The van der Waals surface area contributed by atoms with E-state index in [9.17, 15) is 9.59 Å². The summed E-state index contributed by atoms with van der Waals surface area (Å²) in [5.74, 6) is 0.717. The highest BCUT2D eigenvalue weighted by Crippen LogP contribution is 2.20. The molecule has 1 aromatic carbocycles. The van der Waals surface area contributed by atoms with E-state index in [0.717, 1.165) is 5.56 Å². The Balaban J connectivity index is 1.55. The number of hydrogen-bond donors (Lipinski definition) is 1. The van der Waals surface area contributed by atoms with Crippen LogP contribution in [-0.2, 0) is 14.3 Å². The molecule has 0 spiro atoms. The zero-order valence-electron chi connectivity index (χ0n) is 18.4. The van der Waals surface area contributed by atoms with Crippen LogP contribution in [0.3, 0.4) is 0 Å². The van der Waals surface area contributed by atoms with Crippen molar-refractivity contribution in [3.63, 3.8) is 0 Å². The number of ether oxygens (including phenoxy) is 2. The van der Waals surface area contributed by atoms with Gasteiger partial charge in [0.05, 0.1) is 12.4 Å². The number of rotatable bonds is 5. The summed E-state index contributed by atoms with van der Waals surface area (Å²) in [6, 6.07) is 9.25. The predicted molar refractivity (Wildman–Crippen MR) is 117 cm³/mol. The van der Waals surface area contributed by atoms with Crippen LogP contribution in [0.1, 0.15) is 32.4 Å². The smallest absolute Gasteiger partial charge is 0.410 e. The minimum absolute atomic E-state index is 0.303. The van der Waals surface area contributed by atoms with Gasteiger partial charge in [0.15, 0.2) is 11.9 Å². The summed E-state index contributed by atoms with van der Waals surface area (Å²) < 4.78 is 10.8. The molecular formula is C22H29N5O4. The zero-order chi connectivity index (χ0) is 22.4. The number of anilines is 2. The Morgan fingerprint density at radius 1 is 1.03 bits per heavy atom. The van der Waals surface area contributed by atoms with Crippen molar-refractivity contribution >= 4 is 23.6 Å². The van der Waals surface area contributed by atoms with E-state index in [1.54, 1.807) is 11.1 Å². The second-order valence-corrected chi connectivity index (χ2v) is 8.23. The monoisotopic (exact) mass is 427 g/mol. The van der Waals surface area contributed by atoms with Crippen molar-refractivity contribution in [1.29, 1.82) is 0 Å². The highest BCUT2D eigenvalue weighted by molar-refractivity contribution is 5.94. The fraction of sp³-hybridized carbons (Fsp3) is 0.455. The number of amides is 2. The van der Waals surface area contributed by atoms with Crippen LogP contribution in [0.25, 0.3) is 0 Å². The van der Waals surface area contributed by atoms with Crippen LogP contribution in [0.4, 0.5) is 16.4 Å². The molecular weight excluding hydrogens is 398 g/mol. The van der Waals surface area contributed by atoms with Crippen LogP contribution < -0.4 is 10.2 Å². The molecule has 3 rings (SSSR count). The van der Waals surface area contributed by atoms with Crippen molar-refractivity contribution in [2.24, 2.45) is 0 Å². The lowest BCUT2D eigenvalue weighted by Gasteiger charge is -2.36. The van der Waals surface area contributed by atoms with Gasteiger partial charge in [0.25, 0.3) is 5.91 Å². The molecule has 2 heterocycles. The van der Waals surface area contributed by atoms with Crippen molar-refractivity contribution in [2.75, 3.05) is 43.5 Å². The molecule has 31 heavy (non-hydrogen) atoms. The Kier molecular flexibility index (Phi) is 7.06. The lowest BCUT2D eigenvalue weighted by atomic mass is 10.1. The highest BCUT2D eigenvalue weighted by atomic mass is 16.6. The number of benzene rings is 1. The van der Waals surface area contributed by atoms with Crippen LogP contribution in [0, 0.1) is 0 Å². The standard InChI is InChI=1S/C22H29N5O4/c1-22(2,3)31-21(29)27-12-10-26(11-13-27)18-15-23-17(14-24-18)25-20(28)19(30-4)16-8-6-5-7-9-16/h5-9,14-15,19H,10-13H2,1-4H3,(H,23,25,28)/t19-/m1/s1. The summed E-state index contributed by atoms with van der Waals surface area (Å²) in [6.45, 7) is 7.89. The SMILES string of the molecule is CO[C@@H](C(=O)Nc1cnc(N2CCN(C(=O)OC(C)(C)C)CC2)cn1)c1ccccc1. The van der Waals surface area contributed by atoms with Gasteiger partial charge in [-0.15, -0.1) is 0 Å². The number of aromatic nitrogens is 2. The number of carbonyl (C=O) groups excluding carboxylic acids is 2. The van der Waals surface area contributed by atoms with Gasteiger partial charge in [0, 0.05) is 33.3 Å². The molecule has 0 radical (unpaired) electrons. The van der Waals surface area contributed by atoms with Crippen molar-refractivity contribution in [2.45, 2.75) is 32.5 Å². The highest BCUT2D eigenvalue weighted by Gasteiger charge is 2.26. The summed E-state index contributed by atoms with van der Waals surface area (Å²) in [5, 5.41) is 2.74. The fourth-order valence-electron chi connectivity index (χ4n) is 3.21. The second kappa shape index (κ2) is 9.74. The molecule has 2 aromatic rings. The lowest BCUT2D eigenvalue weighted by molar-refractivity contribution is -0.126. The zero-order valence-corrected chi connectivity index (χ0v) is 18.4. The maximum atomic E-state index is 12.6.